The lowest BCUT2D eigenvalue weighted by Gasteiger charge is -2.09. The van der Waals surface area contributed by atoms with E-state index in [-0.39, 0.29) is 0 Å². The van der Waals surface area contributed by atoms with Crippen molar-refractivity contribution in [3.63, 3.8) is 0 Å². The van der Waals surface area contributed by atoms with E-state index >= 15 is 0 Å². The lowest BCUT2D eigenvalue weighted by Crippen LogP contribution is -1.90. The second-order valence-electron chi connectivity index (χ2n) is 3.67. The molecule has 0 bridgehead atoms. The molecule has 2 aromatic rings. The Morgan fingerprint density at radius 2 is 2.06 bits per heavy atom. The van der Waals surface area contributed by atoms with Crippen LogP contribution >= 0.6 is 23.2 Å². The minimum absolute atomic E-state index is 0.415. The fraction of sp³-hybridized carbons (Fsp3) is 0.154. The molecule has 0 spiro atoms. The van der Waals surface area contributed by atoms with E-state index in [1.165, 1.54) is 0 Å². The maximum atomic E-state index is 5.92. The molecule has 2 nitrogen and oxygen atoms in total. The molecule has 17 heavy (non-hydrogen) atoms. The van der Waals surface area contributed by atoms with Crippen molar-refractivity contribution in [2.75, 3.05) is 0 Å². The van der Waals surface area contributed by atoms with Gasteiger partial charge in [-0.25, -0.2) is 0 Å². The van der Waals surface area contributed by atoms with Crippen LogP contribution < -0.4 is 4.74 Å². The van der Waals surface area contributed by atoms with Crippen molar-refractivity contribution in [1.82, 2.24) is 4.98 Å². The van der Waals surface area contributed by atoms with Gasteiger partial charge in [-0.15, -0.1) is 11.6 Å². The summed E-state index contributed by atoms with van der Waals surface area (Å²) in [5, 5.41) is 0.645. The molecule has 0 saturated carbocycles. The molecule has 0 aliphatic carbocycles. The third-order valence-electron chi connectivity index (χ3n) is 2.30. The summed E-state index contributed by atoms with van der Waals surface area (Å²) in [7, 11) is 0. The van der Waals surface area contributed by atoms with E-state index in [1.54, 1.807) is 18.5 Å². The number of benzene rings is 1. The Bertz CT molecular complexity index is 529. The minimum Gasteiger partial charge on any atom is -0.455 e. The van der Waals surface area contributed by atoms with E-state index in [1.807, 2.05) is 25.1 Å². The molecule has 0 fully saturated rings. The zero-order chi connectivity index (χ0) is 12.3. The molecule has 0 amide bonds. The van der Waals surface area contributed by atoms with E-state index in [9.17, 15) is 0 Å². The third kappa shape index (κ3) is 3.11. The topological polar surface area (TPSA) is 22.1 Å². The fourth-order valence-corrected chi connectivity index (χ4v) is 1.71. The average Bonchev–Trinajstić information content (AvgIpc) is 2.34. The summed E-state index contributed by atoms with van der Waals surface area (Å²) in [5.41, 5.74) is 1.94. The first kappa shape index (κ1) is 12.2. The number of nitrogens with zero attached hydrogens (tertiary/aromatic N) is 1. The summed E-state index contributed by atoms with van der Waals surface area (Å²) in [5.74, 6) is 1.80. The smallest absolute Gasteiger partial charge is 0.146 e. The maximum absolute atomic E-state index is 5.92. The maximum Gasteiger partial charge on any atom is 0.146 e. The van der Waals surface area contributed by atoms with Crippen molar-refractivity contribution in [1.29, 1.82) is 0 Å². The first-order valence-electron chi connectivity index (χ1n) is 5.13. The van der Waals surface area contributed by atoms with Crippen LogP contribution in [0.1, 0.15) is 11.1 Å². The highest BCUT2D eigenvalue weighted by molar-refractivity contribution is 6.30. The van der Waals surface area contributed by atoms with Gasteiger partial charge in [0.2, 0.25) is 0 Å². The molecule has 1 aromatic heterocycles. The number of aromatic nitrogens is 1. The molecule has 1 aromatic carbocycles. The molecule has 88 valence electrons. The van der Waals surface area contributed by atoms with Crippen LogP contribution in [0.4, 0.5) is 0 Å². The van der Waals surface area contributed by atoms with Gasteiger partial charge in [0.05, 0.1) is 6.20 Å². The summed E-state index contributed by atoms with van der Waals surface area (Å²) < 4.78 is 5.73. The number of ether oxygens (including phenoxy) is 1. The van der Waals surface area contributed by atoms with Gasteiger partial charge in [0.1, 0.15) is 11.5 Å². The van der Waals surface area contributed by atoms with Crippen molar-refractivity contribution in [3.8, 4) is 11.5 Å². The van der Waals surface area contributed by atoms with Crippen LogP contribution in [0.15, 0.2) is 36.7 Å². The van der Waals surface area contributed by atoms with Crippen LogP contribution in [0.3, 0.4) is 0 Å². The molecule has 0 aliphatic rings. The molecule has 4 heteroatoms. The quantitative estimate of drug-likeness (QED) is 0.760. The van der Waals surface area contributed by atoms with Gasteiger partial charge in [0, 0.05) is 17.1 Å². The molecule has 1 heterocycles. The van der Waals surface area contributed by atoms with Gasteiger partial charge in [-0.1, -0.05) is 17.7 Å². The largest absolute Gasteiger partial charge is 0.455 e. The first-order valence-corrected chi connectivity index (χ1v) is 6.04. The van der Waals surface area contributed by atoms with E-state index in [2.05, 4.69) is 4.98 Å². The van der Waals surface area contributed by atoms with E-state index in [4.69, 9.17) is 27.9 Å². The highest BCUT2D eigenvalue weighted by Gasteiger charge is 2.03. The van der Waals surface area contributed by atoms with Gasteiger partial charge in [0.15, 0.2) is 0 Å². The highest BCUT2D eigenvalue weighted by Crippen LogP contribution is 2.27. The monoisotopic (exact) mass is 267 g/mol. The third-order valence-corrected chi connectivity index (χ3v) is 2.85. The average molecular weight is 268 g/mol. The van der Waals surface area contributed by atoms with Crippen LogP contribution in [0.2, 0.25) is 5.02 Å². The normalized spacial score (nSPS) is 10.3. The van der Waals surface area contributed by atoms with Gasteiger partial charge in [-0.2, -0.15) is 0 Å². The zero-order valence-corrected chi connectivity index (χ0v) is 10.8. The second-order valence-corrected chi connectivity index (χ2v) is 4.38. The summed E-state index contributed by atoms with van der Waals surface area (Å²) >= 11 is 11.7. The number of hydrogen-bond acceptors (Lipinski definition) is 2. The Morgan fingerprint density at radius 3 is 2.82 bits per heavy atom. The summed E-state index contributed by atoms with van der Waals surface area (Å²) in [6.45, 7) is 1.96. The number of rotatable bonds is 3. The van der Waals surface area contributed by atoms with Crippen LogP contribution in [0.25, 0.3) is 0 Å². The number of pyridine rings is 1. The molecular formula is C13H11Cl2NO. The first-order chi connectivity index (χ1) is 8.19. The van der Waals surface area contributed by atoms with E-state index in [0.29, 0.717) is 16.7 Å². The molecule has 0 N–H and O–H groups in total. The van der Waals surface area contributed by atoms with Crippen LogP contribution in [0.5, 0.6) is 11.5 Å². The Kier molecular flexibility index (Phi) is 3.87. The van der Waals surface area contributed by atoms with Crippen LogP contribution in [-0.4, -0.2) is 4.98 Å². The van der Waals surface area contributed by atoms with Gasteiger partial charge in [-0.3, -0.25) is 4.98 Å². The lowest BCUT2D eigenvalue weighted by atomic mass is 10.2. The number of halogens is 2. The lowest BCUT2D eigenvalue weighted by molar-refractivity contribution is 0.476. The molecule has 0 aliphatic heterocycles. The summed E-state index contributed by atoms with van der Waals surface area (Å²) in [6.07, 6.45) is 3.36. The Hall–Kier alpha value is -1.25. The van der Waals surface area contributed by atoms with Crippen molar-refractivity contribution in [2.45, 2.75) is 12.8 Å². The van der Waals surface area contributed by atoms with Crippen LogP contribution in [0, 0.1) is 6.92 Å². The molecular weight excluding hydrogens is 257 g/mol. The predicted octanol–water partition coefficient (Wildman–Crippen LogP) is 4.57. The SMILES string of the molecule is Cc1ccc(Cl)cc1Oc1cncc(CCl)c1. The molecule has 0 atom stereocenters. The number of aryl methyl sites for hydroxylation is 1. The Morgan fingerprint density at radius 1 is 1.24 bits per heavy atom. The van der Waals surface area contributed by atoms with Crippen molar-refractivity contribution >= 4 is 23.2 Å². The van der Waals surface area contributed by atoms with E-state index < -0.39 is 0 Å². The fourth-order valence-electron chi connectivity index (χ4n) is 1.40. The molecule has 0 radical (unpaired) electrons. The van der Waals surface area contributed by atoms with E-state index in [0.717, 1.165) is 16.9 Å². The number of alkyl halides is 1. The van der Waals surface area contributed by atoms with Gasteiger partial charge >= 0.3 is 0 Å². The zero-order valence-electron chi connectivity index (χ0n) is 9.28. The molecule has 0 unspecified atom stereocenters. The highest BCUT2D eigenvalue weighted by atomic mass is 35.5. The van der Waals surface area contributed by atoms with Crippen molar-refractivity contribution in [2.24, 2.45) is 0 Å². The standard InChI is InChI=1S/C13H11Cl2NO/c1-9-2-3-11(15)5-13(9)17-12-4-10(6-14)7-16-8-12/h2-5,7-8H,6H2,1H3. The minimum atomic E-state index is 0.415. The van der Waals surface area contributed by atoms with Gasteiger partial charge < -0.3 is 4.74 Å². The predicted molar refractivity (Wildman–Crippen MR) is 70.1 cm³/mol. The number of hydrogen-bond donors (Lipinski definition) is 0. The van der Waals surface area contributed by atoms with Gasteiger partial charge in [-0.05, 0) is 36.2 Å². The Balaban J connectivity index is 2.27. The van der Waals surface area contributed by atoms with Gasteiger partial charge in [0.25, 0.3) is 0 Å². The second kappa shape index (κ2) is 5.39. The summed E-state index contributed by atoms with van der Waals surface area (Å²) in [6, 6.07) is 7.39. The summed E-state index contributed by atoms with van der Waals surface area (Å²) in [4.78, 5) is 4.06. The molecule has 0 saturated heterocycles. The van der Waals surface area contributed by atoms with Crippen LogP contribution in [-0.2, 0) is 5.88 Å². The van der Waals surface area contributed by atoms with Crippen molar-refractivity contribution < 1.29 is 4.74 Å². The van der Waals surface area contributed by atoms with Crippen molar-refractivity contribution in [3.05, 3.63) is 52.8 Å². The molecule has 2 rings (SSSR count). The Labute approximate surface area is 110 Å².